The molecule has 1 N–H and O–H groups in total. The van der Waals surface area contributed by atoms with E-state index in [2.05, 4.69) is 22.3 Å². The Kier molecular flexibility index (Phi) is 6.20. The van der Waals surface area contributed by atoms with Crippen LogP contribution < -0.4 is 10.1 Å². The molecule has 0 aliphatic carbocycles. The van der Waals surface area contributed by atoms with Gasteiger partial charge in [0.15, 0.2) is 0 Å². The standard InChI is InChI=1S/C18H25N3O3S/c1-24-15-6-4-14(5-7-15)16(20-8-2-3-9-20)12-19-17(22)13-21-10-11-25-18(21)23/h4-7,16H,2-3,8-13H2,1H3,(H,19,22). The molecule has 2 fully saturated rings. The van der Waals surface area contributed by atoms with Crippen molar-refractivity contribution in [2.75, 3.05) is 45.6 Å². The number of carbonyl (C=O) groups excluding carboxylic acids is 2. The molecule has 1 unspecified atom stereocenters. The maximum atomic E-state index is 12.2. The summed E-state index contributed by atoms with van der Waals surface area (Å²) in [5.41, 5.74) is 1.18. The highest BCUT2D eigenvalue weighted by atomic mass is 32.2. The lowest BCUT2D eigenvalue weighted by Crippen LogP contribution is -2.41. The minimum absolute atomic E-state index is 0.00129. The van der Waals surface area contributed by atoms with Gasteiger partial charge in [-0.2, -0.15) is 0 Å². The Morgan fingerprint density at radius 1 is 1.24 bits per heavy atom. The van der Waals surface area contributed by atoms with Crippen LogP contribution in [0.5, 0.6) is 5.75 Å². The van der Waals surface area contributed by atoms with Crippen molar-refractivity contribution in [3.8, 4) is 5.75 Å². The number of nitrogens with one attached hydrogen (secondary N) is 1. The largest absolute Gasteiger partial charge is 0.497 e. The molecule has 3 rings (SSSR count). The van der Waals surface area contributed by atoms with Gasteiger partial charge in [-0.05, 0) is 43.6 Å². The summed E-state index contributed by atoms with van der Waals surface area (Å²) < 4.78 is 5.23. The molecule has 0 spiro atoms. The van der Waals surface area contributed by atoms with Crippen LogP contribution in [0.2, 0.25) is 0 Å². The molecule has 0 saturated carbocycles. The first kappa shape index (κ1) is 18.1. The van der Waals surface area contributed by atoms with Gasteiger partial charge >= 0.3 is 0 Å². The van der Waals surface area contributed by atoms with Crippen LogP contribution in [0.4, 0.5) is 4.79 Å². The molecule has 0 aromatic heterocycles. The van der Waals surface area contributed by atoms with Crippen LogP contribution in [-0.2, 0) is 4.79 Å². The number of likely N-dealkylation sites (tertiary alicyclic amines) is 1. The average Bonchev–Trinajstić information content (AvgIpc) is 3.28. The molecule has 136 valence electrons. The number of hydrogen-bond acceptors (Lipinski definition) is 5. The molecular weight excluding hydrogens is 338 g/mol. The van der Waals surface area contributed by atoms with E-state index in [0.29, 0.717) is 13.1 Å². The number of amides is 2. The van der Waals surface area contributed by atoms with Crippen LogP contribution in [0.1, 0.15) is 24.4 Å². The predicted molar refractivity (Wildman–Crippen MR) is 99.0 cm³/mol. The van der Waals surface area contributed by atoms with Gasteiger partial charge < -0.3 is 15.0 Å². The van der Waals surface area contributed by atoms with E-state index in [0.717, 1.165) is 24.6 Å². The molecule has 2 amide bonds. The van der Waals surface area contributed by atoms with Crippen molar-refractivity contribution in [1.82, 2.24) is 15.1 Å². The highest BCUT2D eigenvalue weighted by Crippen LogP contribution is 2.26. The number of hydrogen-bond donors (Lipinski definition) is 1. The van der Waals surface area contributed by atoms with Crippen molar-refractivity contribution < 1.29 is 14.3 Å². The Balaban J connectivity index is 1.61. The summed E-state index contributed by atoms with van der Waals surface area (Å²) in [6.07, 6.45) is 2.39. The number of thioether (sulfide) groups is 1. The SMILES string of the molecule is COc1ccc(C(CNC(=O)CN2CCSC2=O)N2CCCC2)cc1. The second-order valence-electron chi connectivity index (χ2n) is 6.37. The molecule has 2 aliphatic rings. The Morgan fingerprint density at radius 3 is 2.56 bits per heavy atom. The van der Waals surface area contributed by atoms with Crippen molar-refractivity contribution in [2.24, 2.45) is 0 Å². The zero-order valence-electron chi connectivity index (χ0n) is 14.6. The lowest BCUT2D eigenvalue weighted by atomic mass is 10.1. The molecule has 25 heavy (non-hydrogen) atoms. The molecule has 2 saturated heterocycles. The average molecular weight is 363 g/mol. The number of methoxy groups -OCH3 is 1. The summed E-state index contributed by atoms with van der Waals surface area (Å²) in [7, 11) is 1.66. The quantitative estimate of drug-likeness (QED) is 0.804. The van der Waals surface area contributed by atoms with E-state index in [1.807, 2.05) is 12.1 Å². The minimum atomic E-state index is -0.0893. The molecular formula is C18H25N3O3S. The van der Waals surface area contributed by atoms with Crippen LogP contribution in [0.3, 0.4) is 0 Å². The Morgan fingerprint density at radius 2 is 1.96 bits per heavy atom. The van der Waals surface area contributed by atoms with E-state index >= 15 is 0 Å². The fourth-order valence-electron chi connectivity index (χ4n) is 3.35. The number of benzene rings is 1. The van der Waals surface area contributed by atoms with Crippen LogP contribution in [0.15, 0.2) is 24.3 Å². The fourth-order valence-corrected chi connectivity index (χ4v) is 4.17. The van der Waals surface area contributed by atoms with Crippen LogP contribution in [0, 0.1) is 0 Å². The van der Waals surface area contributed by atoms with Gasteiger partial charge in [0, 0.05) is 18.8 Å². The van der Waals surface area contributed by atoms with Gasteiger partial charge in [0.25, 0.3) is 5.24 Å². The first-order chi connectivity index (χ1) is 12.2. The summed E-state index contributed by atoms with van der Waals surface area (Å²) in [5.74, 6) is 1.51. The van der Waals surface area contributed by atoms with Crippen LogP contribution in [-0.4, -0.2) is 66.5 Å². The van der Waals surface area contributed by atoms with E-state index in [-0.39, 0.29) is 23.7 Å². The molecule has 1 aromatic carbocycles. The number of rotatable bonds is 7. The first-order valence-corrected chi connectivity index (χ1v) is 9.72. The van der Waals surface area contributed by atoms with Crippen molar-refractivity contribution in [2.45, 2.75) is 18.9 Å². The van der Waals surface area contributed by atoms with Gasteiger partial charge in [0.05, 0.1) is 13.2 Å². The summed E-state index contributed by atoms with van der Waals surface area (Å²) in [4.78, 5) is 27.9. The smallest absolute Gasteiger partial charge is 0.282 e. The third-order valence-electron chi connectivity index (χ3n) is 4.75. The predicted octanol–water partition coefficient (Wildman–Crippen LogP) is 2.12. The van der Waals surface area contributed by atoms with E-state index in [9.17, 15) is 9.59 Å². The van der Waals surface area contributed by atoms with Crippen LogP contribution >= 0.6 is 11.8 Å². The van der Waals surface area contributed by atoms with Gasteiger partial charge in [-0.25, -0.2) is 0 Å². The van der Waals surface area contributed by atoms with Gasteiger partial charge in [-0.3, -0.25) is 14.5 Å². The van der Waals surface area contributed by atoms with Crippen LogP contribution in [0.25, 0.3) is 0 Å². The van der Waals surface area contributed by atoms with E-state index < -0.39 is 0 Å². The van der Waals surface area contributed by atoms with Crippen molar-refractivity contribution >= 4 is 22.9 Å². The van der Waals surface area contributed by atoms with Crippen molar-refractivity contribution in [3.05, 3.63) is 29.8 Å². The Bertz CT molecular complexity index is 602. The monoisotopic (exact) mass is 363 g/mol. The van der Waals surface area contributed by atoms with Crippen molar-refractivity contribution in [1.29, 1.82) is 0 Å². The molecule has 7 heteroatoms. The van der Waals surface area contributed by atoms with Gasteiger partial charge in [-0.1, -0.05) is 23.9 Å². The highest BCUT2D eigenvalue weighted by molar-refractivity contribution is 8.13. The topological polar surface area (TPSA) is 61.9 Å². The molecule has 1 atom stereocenters. The normalized spacial score (nSPS) is 19.2. The summed E-state index contributed by atoms with van der Waals surface area (Å²) in [6.45, 7) is 3.47. The first-order valence-electron chi connectivity index (χ1n) is 8.74. The summed E-state index contributed by atoms with van der Waals surface area (Å²) in [5, 5.41) is 3.02. The number of ether oxygens (including phenoxy) is 1. The van der Waals surface area contributed by atoms with Gasteiger partial charge in [0.1, 0.15) is 12.3 Å². The zero-order chi connectivity index (χ0) is 17.6. The molecule has 2 aliphatic heterocycles. The Labute approximate surface area is 152 Å². The second-order valence-corrected chi connectivity index (χ2v) is 7.42. The molecule has 0 radical (unpaired) electrons. The maximum Gasteiger partial charge on any atom is 0.282 e. The second kappa shape index (κ2) is 8.58. The van der Waals surface area contributed by atoms with Crippen molar-refractivity contribution in [3.63, 3.8) is 0 Å². The van der Waals surface area contributed by atoms with E-state index in [4.69, 9.17) is 4.74 Å². The number of nitrogens with zero attached hydrogens (tertiary/aromatic N) is 2. The molecule has 1 aromatic rings. The number of carbonyl (C=O) groups is 2. The molecule has 0 bridgehead atoms. The Hall–Kier alpha value is -1.73. The maximum absolute atomic E-state index is 12.2. The summed E-state index contributed by atoms with van der Waals surface area (Å²) in [6, 6.07) is 8.20. The van der Waals surface area contributed by atoms with E-state index in [1.54, 1.807) is 12.0 Å². The van der Waals surface area contributed by atoms with E-state index in [1.165, 1.54) is 30.2 Å². The highest BCUT2D eigenvalue weighted by Gasteiger charge is 2.26. The minimum Gasteiger partial charge on any atom is -0.497 e. The third kappa shape index (κ3) is 4.67. The molecule has 2 heterocycles. The van der Waals surface area contributed by atoms with Gasteiger partial charge in [0.2, 0.25) is 5.91 Å². The third-order valence-corrected chi connectivity index (χ3v) is 5.65. The lowest BCUT2D eigenvalue weighted by Gasteiger charge is -2.28. The molecule has 6 nitrogen and oxygen atoms in total. The van der Waals surface area contributed by atoms with Gasteiger partial charge in [-0.15, -0.1) is 0 Å². The zero-order valence-corrected chi connectivity index (χ0v) is 15.4. The summed E-state index contributed by atoms with van der Waals surface area (Å²) >= 11 is 1.28. The lowest BCUT2D eigenvalue weighted by molar-refractivity contribution is -0.121. The fraction of sp³-hybridized carbons (Fsp3) is 0.556.